The minimum atomic E-state index is 0.0306. The summed E-state index contributed by atoms with van der Waals surface area (Å²) >= 11 is 0. The van der Waals surface area contributed by atoms with Gasteiger partial charge >= 0.3 is 5.97 Å². The van der Waals surface area contributed by atoms with Crippen LogP contribution in [0, 0.1) is 0 Å². The molecule has 0 fully saturated rings. The third kappa shape index (κ3) is 28.0. The summed E-state index contributed by atoms with van der Waals surface area (Å²) in [5.74, 6) is 0.0306. The monoisotopic (exact) mass is 472 g/mol. The molecule has 0 aromatic carbocycles. The predicted octanol–water partition coefficient (Wildman–Crippen LogP) is 10.5. The quantitative estimate of drug-likeness (QED) is 0.0750. The van der Waals surface area contributed by atoms with Crippen molar-refractivity contribution in [3.05, 3.63) is 12.2 Å². The number of unbranched alkanes of at least 4 members (excludes halogenated alkanes) is 17. The molecule has 31 heavy (non-hydrogen) atoms. The Hall–Kier alpha value is 0.0700. The van der Waals surface area contributed by atoms with Crippen LogP contribution in [0.1, 0.15) is 149 Å². The summed E-state index contributed by atoms with van der Waals surface area (Å²) in [6.45, 7) is 4.54. The molecule has 4 heteroatoms. The van der Waals surface area contributed by atoms with E-state index in [1.165, 1.54) is 128 Å². The maximum absolute atomic E-state index is 11.8. The first-order valence-corrected chi connectivity index (χ1v) is 16.7. The van der Waals surface area contributed by atoms with E-state index < -0.39 is 0 Å². The Balaban J connectivity index is 3.20. The van der Waals surface area contributed by atoms with Gasteiger partial charge in [0.1, 0.15) is 0 Å². The topological polar surface area (TPSA) is 26.3 Å². The number of carbonyl (C=O) groups is 1. The molecule has 0 radical (unpaired) electrons. The van der Waals surface area contributed by atoms with Crippen molar-refractivity contribution in [3.8, 4) is 0 Å². The average molecular weight is 473 g/mol. The molecule has 2 atom stereocenters. The molecule has 0 spiro atoms. The van der Waals surface area contributed by atoms with Crippen LogP contribution >= 0.6 is 16.8 Å². The van der Waals surface area contributed by atoms with Crippen molar-refractivity contribution in [2.45, 2.75) is 149 Å². The van der Waals surface area contributed by atoms with Gasteiger partial charge in [-0.2, -0.15) is 0 Å². The fourth-order valence-electron chi connectivity index (χ4n) is 3.71. The van der Waals surface area contributed by atoms with E-state index in [1.807, 2.05) is 0 Å². The zero-order chi connectivity index (χ0) is 22.7. The van der Waals surface area contributed by atoms with Crippen molar-refractivity contribution in [1.82, 2.24) is 0 Å². The average Bonchev–Trinajstić information content (AvgIpc) is 2.77. The molecular weight excluding hydrogens is 418 g/mol. The molecule has 0 bridgehead atoms. The van der Waals surface area contributed by atoms with E-state index in [-0.39, 0.29) is 5.97 Å². The molecule has 0 aliphatic heterocycles. The Kier molecular flexibility index (Phi) is 28.2. The molecule has 0 heterocycles. The van der Waals surface area contributed by atoms with Crippen molar-refractivity contribution >= 4 is 22.7 Å². The smallest absolute Gasteiger partial charge is 0.308 e. The normalized spacial score (nSPS) is 12.2. The van der Waals surface area contributed by atoms with Crippen molar-refractivity contribution in [3.63, 3.8) is 0 Å². The highest BCUT2D eigenvalue weighted by Gasteiger charge is 2.02. The van der Waals surface area contributed by atoms with Gasteiger partial charge in [0.15, 0.2) is 0 Å². The summed E-state index contributed by atoms with van der Waals surface area (Å²) in [5, 5.41) is 0. The van der Waals surface area contributed by atoms with E-state index in [0.717, 1.165) is 14.7 Å². The van der Waals surface area contributed by atoms with E-state index in [2.05, 4.69) is 26.0 Å². The van der Waals surface area contributed by atoms with Crippen LogP contribution in [0.4, 0.5) is 0 Å². The highest BCUT2D eigenvalue weighted by molar-refractivity contribution is 8.09. The zero-order valence-electron chi connectivity index (χ0n) is 21.0. The zero-order valence-corrected chi connectivity index (χ0v) is 23.0. The van der Waals surface area contributed by atoms with Crippen LogP contribution in [0.5, 0.6) is 0 Å². The van der Waals surface area contributed by atoms with Gasteiger partial charge in [-0.3, -0.25) is 4.79 Å². The Labute approximate surface area is 199 Å². The molecule has 2 nitrogen and oxygen atoms in total. The van der Waals surface area contributed by atoms with Crippen LogP contribution in [0.25, 0.3) is 0 Å². The standard InChI is InChI=1S/C27H54O2P2/c1-3-5-7-9-11-12-13-14-15-16-17-18-19-21-23-25-27(28)29-31-30-26-24-22-20-10-8-6-4-2/h14-15,30-31H,3-13,16-26H2,1-2H3/b15-14-. The molecule has 184 valence electrons. The highest BCUT2D eigenvalue weighted by atomic mass is 32.0. The van der Waals surface area contributed by atoms with E-state index in [9.17, 15) is 4.79 Å². The maximum Gasteiger partial charge on any atom is 0.308 e. The second kappa shape index (κ2) is 28.1. The van der Waals surface area contributed by atoms with Crippen LogP contribution in [0.3, 0.4) is 0 Å². The molecule has 0 aromatic rings. The lowest BCUT2D eigenvalue weighted by atomic mass is 10.1. The summed E-state index contributed by atoms with van der Waals surface area (Å²) < 4.78 is 5.41. The second-order valence-electron chi connectivity index (χ2n) is 8.96. The molecule has 0 aliphatic rings. The lowest BCUT2D eigenvalue weighted by molar-refractivity contribution is -0.133. The van der Waals surface area contributed by atoms with Gasteiger partial charge in [0.05, 0.1) is 8.50 Å². The molecule has 0 saturated heterocycles. The van der Waals surface area contributed by atoms with Gasteiger partial charge in [-0.15, -0.1) is 0 Å². The molecule has 0 saturated carbocycles. The van der Waals surface area contributed by atoms with Gasteiger partial charge in [0.25, 0.3) is 0 Å². The maximum atomic E-state index is 11.8. The van der Waals surface area contributed by atoms with Crippen molar-refractivity contribution in [1.29, 1.82) is 0 Å². The fraction of sp³-hybridized carbons (Fsp3) is 0.889. The van der Waals surface area contributed by atoms with Crippen molar-refractivity contribution in [2.75, 3.05) is 6.16 Å². The van der Waals surface area contributed by atoms with Crippen LogP contribution < -0.4 is 0 Å². The Morgan fingerprint density at radius 3 is 1.61 bits per heavy atom. The molecule has 0 N–H and O–H groups in total. The van der Waals surface area contributed by atoms with Gasteiger partial charge in [-0.25, -0.2) is 0 Å². The summed E-state index contributed by atoms with van der Waals surface area (Å²) in [6, 6.07) is 0. The number of carbonyl (C=O) groups excluding carboxylic acids is 1. The van der Waals surface area contributed by atoms with Crippen molar-refractivity contribution < 1.29 is 9.32 Å². The minimum Gasteiger partial charge on any atom is -0.444 e. The van der Waals surface area contributed by atoms with Gasteiger partial charge in [-0.05, 0) is 44.7 Å². The summed E-state index contributed by atoms with van der Waals surface area (Å²) in [4.78, 5) is 11.8. The second-order valence-corrected chi connectivity index (χ2v) is 11.9. The first kappa shape index (κ1) is 31.1. The Morgan fingerprint density at radius 1 is 0.613 bits per heavy atom. The Bertz CT molecular complexity index is 385. The lowest BCUT2D eigenvalue weighted by Gasteiger charge is -2.05. The third-order valence-electron chi connectivity index (χ3n) is 5.79. The largest absolute Gasteiger partial charge is 0.444 e. The van der Waals surface area contributed by atoms with Crippen LogP contribution in [0.2, 0.25) is 0 Å². The first-order valence-electron chi connectivity index (χ1n) is 13.6. The van der Waals surface area contributed by atoms with Crippen LogP contribution in [0.15, 0.2) is 12.2 Å². The third-order valence-corrected chi connectivity index (χ3v) is 8.35. The Morgan fingerprint density at radius 2 is 1.06 bits per heavy atom. The number of hydrogen-bond donors (Lipinski definition) is 0. The van der Waals surface area contributed by atoms with E-state index >= 15 is 0 Å². The molecule has 0 rings (SSSR count). The van der Waals surface area contributed by atoms with E-state index in [4.69, 9.17) is 4.52 Å². The highest BCUT2D eigenvalue weighted by Crippen LogP contribution is 2.38. The first-order chi connectivity index (χ1) is 15.3. The van der Waals surface area contributed by atoms with Crippen LogP contribution in [-0.2, 0) is 9.32 Å². The van der Waals surface area contributed by atoms with Crippen molar-refractivity contribution in [2.24, 2.45) is 0 Å². The summed E-state index contributed by atoms with van der Waals surface area (Å²) in [6.07, 6.45) is 32.9. The molecule has 0 aromatic heterocycles. The summed E-state index contributed by atoms with van der Waals surface area (Å²) in [7, 11) is 1.23. The predicted molar refractivity (Wildman–Crippen MR) is 145 cm³/mol. The fourth-order valence-corrected chi connectivity index (χ4v) is 5.92. The summed E-state index contributed by atoms with van der Waals surface area (Å²) in [5.41, 5.74) is 0. The molecule has 0 amide bonds. The SMILES string of the molecule is CCCCCCCC/C=C\CCCCCCCC(=O)OPPCCCCCCCCC. The van der Waals surface area contributed by atoms with Gasteiger partial charge in [0, 0.05) is 6.42 Å². The molecule has 2 unspecified atom stereocenters. The van der Waals surface area contributed by atoms with Crippen LogP contribution in [-0.4, -0.2) is 12.1 Å². The molecular formula is C27H54O2P2. The van der Waals surface area contributed by atoms with E-state index in [1.54, 1.807) is 0 Å². The molecule has 0 aliphatic carbocycles. The lowest BCUT2D eigenvalue weighted by Crippen LogP contribution is -1.96. The number of allylic oxidation sites excluding steroid dienone is 2. The number of rotatable bonds is 25. The van der Waals surface area contributed by atoms with Gasteiger partial charge in [0.2, 0.25) is 0 Å². The minimum absolute atomic E-state index is 0.0306. The van der Waals surface area contributed by atoms with Gasteiger partial charge in [-0.1, -0.05) is 124 Å². The van der Waals surface area contributed by atoms with E-state index in [0.29, 0.717) is 14.9 Å². The number of hydrogen-bond acceptors (Lipinski definition) is 2. The van der Waals surface area contributed by atoms with Gasteiger partial charge < -0.3 is 4.52 Å².